The van der Waals surface area contributed by atoms with Crippen molar-refractivity contribution in [1.29, 1.82) is 0 Å². The van der Waals surface area contributed by atoms with E-state index in [1.807, 2.05) is 19.2 Å². The molecule has 0 unspecified atom stereocenters. The standard InChI is InChI=1S/C15H23N7O2.HI/c1-21(2)14(23)10-18-15(16-7-6-12-5-4-8-24-12)17-9-13-19-11-20-22(13)3;/h4-5,8,11H,6-7,9-10H2,1-3H3,(H2,16,17,18);1H. The van der Waals surface area contributed by atoms with Gasteiger partial charge in [-0.25, -0.2) is 9.98 Å². The lowest BCUT2D eigenvalue weighted by molar-refractivity contribution is -0.127. The fraction of sp³-hybridized carbons (Fsp3) is 0.467. The molecule has 0 bridgehead atoms. The number of hydrogen-bond acceptors (Lipinski definition) is 5. The van der Waals surface area contributed by atoms with Gasteiger partial charge in [0.25, 0.3) is 0 Å². The SMILES string of the molecule is CN(C)C(=O)CNC(=NCc1ncnn1C)NCCc1ccco1.I. The summed E-state index contributed by atoms with van der Waals surface area (Å²) in [5, 5.41) is 10.2. The average Bonchev–Trinajstić information content (AvgIpc) is 3.20. The molecule has 138 valence electrons. The molecule has 0 aliphatic heterocycles. The Morgan fingerprint density at radius 3 is 2.80 bits per heavy atom. The smallest absolute Gasteiger partial charge is 0.241 e. The number of aryl methyl sites for hydroxylation is 1. The van der Waals surface area contributed by atoms with Crippen molar-refractivity contribution in [1.82, 2.24) is 30.3 Å². The molecule has 0 aliphatic rings. The highest BCUT2D eigenvalue weighted by Gasteiger charge is 2.07. The Labute approximate surface area is 163 Å². The first-order valence-corrected chi connectivity index (χ1v) is 7.64. The van der Waals surface area contributed by atoms with Crippen LogP contribution in [-0.2, 0) is 24.8 Å². The number of amides is 1. The Balaban J connectivity index is 0.00000312. The number of carbonyl (C=O) groups is 1. The van der Waals surface area contributed by atoms with Crippen LogP contribution in [0.2, 0.25) is 0 Å². The second-order valence-electron chi connectivity index (χ2n) is 5.36. The second kappa shape index (κ2) is 10.7. The minimum atomic E-state index is -0.0332. The number of hydrogen-bond donors (Lipinski definition) is 2. The first-order valence-electron chi connectivity index (χ1n) is 7.64. The Kier molecular flexibility index (Phi) is 8.95. The van der Waals surface area contributed by atoms with Crippen molar-refractivity contribution in [3.63, 3.8) is 0 Å². The number of nitrogens with zero attached hydrogens (tertiary/aromatic N) is 5. The number of aromatic nitrogens is 3. The maximum atomic E-state index is 11.7. The summed E-state index contributed by atoms with van der Waals surface area (Å²) in [6, 6.07) is 3.77. The number of aliphatic imine (C=N–C) groups is 1. The quantitative estimate of drug-likeness (QED) is 0.352. The molecule has 2 N–H and O–H groups in total. The predicted molar refractivity (Wildman–Crippen MR) is 105 cm³/mol. The molecule has 25 heavy (non-hydrogen) atoms. The van der Waals surface area contributed by atoms with E-state index < -0.39 is 0 Å². The van der Waals surface area contributed by atoms with Crippen LogP contribution in [0.1, 0.15) is 11.6 Å². The molecule has 2 aromatic heterocycles. The van der Waals surface area contributed by atoms with Gasteiger partial charge in [0.05, 0.1) is 12.8 Å². The molecule has 0 atom stereocenters. The van der Waals surface area contributed by atoms with E-state index in [1.165, 1.54) is 11.2 Å². The first-order chi connectivity index (χ1) is 11.6. The lowest BCUT2D eigenvalue weighted by atomic mass is 10.3. The van der Waals surface area contributed by atoms with Gasteiger partial charge in [-0.2, -0.15) is 5.10 Å². The molecule has 0 radical (unpaired) electrons. The van der Waals surface area contributed by atoms with Gasteiger partial charge in [0.2, 0.25) is 5.91 Å². The Morgan fingerprint density at radius 2 is 2.20 bits per heavy atom. The largest absolute Gasteiger partial charge is 0.469 e. The van der Waals surface area contributed by atoms with Gasteiger partial charge >= 0.3 is 0 Å². The van der Waals surface area contributed by atoms with Crippen molar-refractivity contribution in [2.75, 3.05) is 27.2 Å². The molecule has 2 heterocycles. The van der Waals surface area contributed by atoms with Crippen LogP contribution in [-0.4, -0.2) is 58.7 Å². The molecule has 9 nitrogen and oxygen atoms in total. The third-order valence-corrected chi connectivity index (χ3v) is 3.33. The molecule has 0 aromatic carbocycles. The summed E-state index contributed by atoms with van der Waals surface area (Å²) in [6.45, 7) is 1.16. The number of guanidine groups is 1. The van der Waals surface area contributed by atoms with Crippen LogP contribution in [0.3, 0.4) is 0 Å². The summed E-state index contributed by atoms with van der Waals surface area (Å²) in [5.41, 5.74) is 0. The van der Waals surface area contributed by atoms with Crippen molar-refractivity contribution >= 4 is 35.8 Å². The molecule has 0 fully saturated rings. The molecule has 2 rings (SSSR count). The third-order valence-electron chi connectivity index (χ3n) is 3.33. The van der Waals surface area contributed by atoms with Gasteiger partial charge in [-0.05, 0) is 12.1 Å². The summed E-state index contributed by atoms with van der Waals surface area (Å²) in [6.07, 6.45) is 3.85. The van der Waals surface area contributed by atoms with E-state index in [0.29, 0.717) is 19.0 Å². The minimum absolute atomic E-state index is 0. The van der Waals surface area contributed by atoms with Crippen molar-refractivity contribution < 1.29 is 9.21 Å². The van der Waals surface area contributed by atoms with E-state index in [0.717, 1.165) is 18.0 Å². The molecule has 0 saturated carbocycles. The number of carbonyl (C=O) groups excluding carboxylic acids is 1. The zero-order valence-electron chi connectivity index (χ0n) is 14.6. The Morgan fingerprint density at radius 1 is 1.40 bits per heavy atom. The van der Waals surface area contributed by atoms with Crippen LogP contribution >= 0.6 is 24.0 Å². The van der Waals surface area contributed by atoms with Gasteiger partial charge in [0.1, 0.15) is 24.5 Å². The molecule has 10 heteroatoms. The normalized spacial score (nSPS) is 10.9. The zero-order valence-corrected chi connectivity index (χ0v) is 16.9. The van der Waals surface area contributed by atoms with Gasteiger partial charge in [0.15, 0.2) is 5.96 Å². The average molecular weight is 461 g/mol. The highest BCUT2D eigenvalue weighted by Crippen LogP contribution is 1.99. The monoisotopic (exact) mass is 461 g/mol. The van der Waals surface area contributed by atoms with Gasteiger partial charge in [0, 0.05) is 34.1 Å². The number of furan rings is 1. The molecule has 1 amide bonds. The number of rotatable bonds is 7. The maximum absolute atomic E-state index is 11.7. The van der Waals surface area contributed by atoms with Crippen LogP contribution in [0.5, 0.6) is 0 Å². The third kappa shape index (κ3) is 7.11. The van der Waals surface area contributed by atoms with Gasteiger partial charge < -0.3 is 20.0 Å². The summed E-state index contributed by atoms with van der Waals surface area (Å²) < 4.78 is 6.96. The van der Waals surface area contributed by atoms with E-state index in [9.17, 15) is 4.79 Å². The van der Waals surface area contributed by atoms with E-state index in [4.69, 9.17) is 4.42 Å². The fourth-order valence-corrected chi connectivity index (χ4v) is 1.86. The van der Waals surface area contributed by atoms with Crippen LogP contribution < -0.4 is 10.6 Å². The summed E-state index contributed by atoms with van der Waals surface area (Å²) in [5.74, 6) is 2.13. The maximum Gasteiger partial charge on any atom is 0.241 e. The zero-order chi connectivity index (χ0) is 17.4. The summed E-state index contributed by atoms with van der Waals surface area (Å²) in [4.78, 5) is 21.8. The van der Waals surface area contributed by atoms with E-state index in [1.54, 1.807) is 25.0 Å². The van der Waals surface area contributed by atoms with Gasteiger partial charge in [-0.15, -0.1) is 24.0 Å². The van der Waals surface area contributed by atoms with Crippen molar-refractivity contribution in [2.45, 2.75) is 13.0 Å². The fourth-order valence-electron chi connectivity index (χ4n) is 1.86. The van der Waals surface area contributed by atoms with Crippen LogP contribution in [0.15, 0.2) is 34.1 Å². The lowest BCUT2D eigenvalue weighted by Gasteiger charge is -2.14. The second-order valence-corrected chi connectivity index (χ2v) is 5.36. The summed E-state index contributed by atoms with van der Waals surface area (Å²) >= 11 is 0. The molecule has 2 aromatic rings. The topological polar surface area (TPSA) is 101 Å². The summed E-state index contributed by atoms with van der Waals surface area (Å²) in [7, 11) is 5.24. The van der Waals surface area contributed by atoms with Crippen LogP contribution in [0.4, 0.5) is 0 Å². The lowest BCUT2D eigenvalue weighted by Crippen LogP contribution is -2.43. The van der Waals surface area contributed by atoms with Gasteiger partial charge in [-0.1, -0.05) is 0 Å². The predicted octanol–water partition coefficient (Wildman–Crippen LogP) is 0.392. The molecular weight excluding hydrogens is 437 g/mol. The first kappa shape index (κ1) is 20.9. The Hall–Kier alpha value is -2.11. The van der Waals surface area contributed by atoms with Crippen LogP contribution in [0, 0.1) is 0 Å². The van der Waals surface area contributed by atoms with Crippen LogP contribution in [0.25, 0.3) is 0 Å². The van der Waals surface area contributed by atoms with Crippen molar-refractivity contribution in [3.8, 4) is 0 Å². The van der Waals surface area contributed by atoms with Crippen molar-refractivity contribution in [3.05, 3.63) is 36.3 Å². The van der Waals surface area contributed by atoms with Crippen molar-refractivity contribution in [2.24, 2.45) is 12.0 Å². The molecular formula is C15H24IN7O2. The minimum Gasteiger partial charge on any atom is -0.469 e. The van der Waals surface area contributed by atoms with Gasteiger partial charge in [-0.3, -0.25) is 9.48 Å². The number of halogens is 1. The number of likely N-dealkylation sites (N-methyl/N-ethyl adjacent to an activating group) is 1. The molecule has 0 aliphatic carbocycles. The van der Waals surface area contributed by atoms with E-state index in [-0.39, 0.29) is 36.4 Å². The Bertz CT molecular complexity index is 667. The molecule has 0 spiro atoms. The van der Waals surface area contributed by atoms with E-state index in [2.05, 4.69) is 25.7 Å². The highest BCUT2D eigenvalue weighted by molar-refractivity contribution is 14.0. The molecule has 0 saturated heterocycles. The van der Waals surface area contributed by atoms with E-state index >= 15 is 0 Å². The highest BCUT2D eigenvalue weighted by atomic mass is 127. The number of nitrogens with one attached hydrogen (secondary N) is 2.